The number of nitrogens with two attached hydrogens (primary N) is 1. The van der Waals surface area contributed by atoms with Crippen molar-refractivity contribution in [2.75, 3.05) is 17.6 Å². The lowest BCUT2D eigenvalue weighted by Gasteiger charge is -2.09. The Morgan fingerprint density at radius 2 is 2.24 bits per heavy atom. The first-order valence-corrected chi connectivity index (χ1v) is 5.40. The summed E-state index contributed by atoms with van der Waals surface area (Å²) < 4.78 is 0.497. The molecule has 92 valence electrons. The van der Waals surface area contributed by atoms with Crippen molar-refractivity contribution in [1.82, 2.24) is 0 Å². The number of anilines is 2. The summed E-state index contributed by atoms with van der Waals surface area (Å²) in [5, 5.41) is 21.9. The molecule has 17 heavy (non-hydrogen) atoms. The van der Waals surface area contributed by atoms with Gasteiger partial charge < -0.3 is 16.2 Å². The van der Waals surface area contributed by atoms with Crippen molar-refractivity contribution in [3.8, 4) is 0 Å². The Morgan fingerprint density at radius 1 is 1.59 bits per heavy atom. The topological polar surface area (TPSA) is 118 Å². The van der Waals surface area contributed by atoms with Gasteiger partial charge in [-0.25, -0.2) is 0 Å². The molecule has 0 saturated carbocycles. The summed E-state index contributed by atoms with van der Waals surface area (Å²) in [5.74, 6) is -0.958. The minimum absolute atomic E-state index is 0.0106. The largest absolute Gasteiger partial charge is 0.481 e. The number of rotatable bonds is 5. The van der Waals surface area contributed by atoms with Crippen molar-refractivity contribution in [1.29, 1.82) is 0 Å². The summed E-state index contributed by atoms with van der Waals surface area (Å²) in [6.45, 7) is 0.146. The molecular weight excluding hydrogens is 294 g/mol. The lowest BCUT2D eigenvalue weighted by Crippen LogP contribution is -2.09. The quantitative estimate of drug-likeness (QED) is 0.434. The first-order valence-electron chi connectivity index (χ1n) is 4.61. The molecule has 0 atom stereocenters. The van der Waals surface area contributed by atoms with Crippen LogP contribution < -0.4 is 11.1 Å². The number of nitro benzene ring substituents is 1. The van der Waals surface area contributed by atoms with Gasteiger partial charge in [0.25, 0.3) is 5.69 Å². The van der Waals surface area contributed by atoms with Crippen molar-refractivity contribution in [3.05, 3.63) is 26.7 Å². The molecule has 0 saturated heterocycles. The Kier molecular flexibility index (Phi) is 4.27. The van der Waals surface area contributed by atoms with Gasteiger partial charge in [-0.2, -0.15) is 0 Å². The smallest absolute Gasteiger partial charge is 0.305 e. The van der Waals surface area contributed by atoms with Gasteiger partial charge in [-0.3, -0.25) is 14.9 Å². The van der Waals surface area contributed by atoms with E-state index < -0.39 is 10.9 Å². The zero-order chi connectivity index (χ0) is 13.0. The van der Waals surface area contributed by atoms with Gasteiger partial charge in [-0.1, -0.05) is 15.9 Å². The summed E-state index contributed by atoms with van der Waals surface area (Å²) >= 11 is 3.12. The average molecular weight is 304 g/mol. The maximum Gasteiger partial charge on any atom is 0.305 e. The van der Waals surface area contributed by atoms with Crippen LogP contribution >= 0.6 is 15.9 Å². The number of hydrogen-bond acceptors (Lipinski definition) is 5. The van der Waals surface area contributed by atoms with E-state index in [0.29, 0.717) is 10.2 Å². The first-order chi connectivity index (χ1) is 7.91. The zero-order valence-electron chi connectivity index (χ0n) is 8.64. The molecule has 0 aromatic heterocycles. The van der Waals surface area contributed by atoms with Crippen LogP contribution in [0.3, 0.4) is 0 Å². The van der Waals surface area contributed by atoms with Crippen LogP contribution in [0.25, 0.3) is 0 Å². The van der Waals surface area contributed by atoms with Crippen LogP contribution in [0.5, 0.6) is 0 Å². The molecule has 4 N–H and O–H groups in total. The minimum Gasteiger partial charge on any atom is -0.481 e. The number of hydrogen-bond donors (Lipinski definition) is 3. The Labute approximate surface area is 105 Å². The van der Waals surface area contributed by atoms with Gasteiger partial charge in [0.1, 0.15) is 5.69 Å². The van der Waals surface area contributed by atoms with E-state index in [1.807, 2.05) is 0 Å². The van der Waals surface area contributed by atoms with E-state index in [9.17, 15) is 14.9 Å². The van der Waals surface area contributed by atoms with Crippen LogP contribution in [-0.2, 0) is 4.79 Å². The minimum atomic E-state index is -0.958. The molecule has 0 aliphatic heterocycles. The monoisotopic (exact) mass is 303 g/mol. The summed E-state index contributed by atoms with van der Waals surface area (Å²) in [6, 6.07) is 2.85. The second kappa shape index (κ2) is 5.48. The molecule has 0 amide bonds. The van der Waals surface area contributed by atoms with Crippen LogP contribution in [0.1, 0.15) is 6.42 Å². The van der Waals surface area contributed by atoms with Gasteiger partial charge in [-0.15, -0.1) is 0 Å². The molecular formula is C9H10BrN3O4. The van der Waals surface area contributed by atoms with Gasteiger partial charge >= 0.3 is 5.97 Å². The van der Waals surface area contributed by atoms with Gasteiger partial charge in [0, 0.05) is 17.1 Å². The van der Waals surface area contributed by atoms with Gasteiger partial charge in [0.05, 0.1) is 17.0 Å². The van der Waals surface area contributed by atoms with Crippen molar-refractivity contribution < 1.29 is 14.8 Å². The SMILES string of the molecule is Nc1c(NCCC(=O)O)cc(Br)cc1[N+](=O)[O-]. The summed E-state index contributed by atoms with van der Waals surface area (Å²) in [4.78, 5) is 20.4. The van der Waals surface area contributed by atoms with E-state index >= 15 is 0 Å². The molecule has 1 aromatic rings. The molecule has 0 aliphatic carbocycles. The third kappa shape index (κ3) is 3.59. The van der Waals surface area contributed by atoms with Crippen molar-refractivity contribution in [3.63, 3.8) is 0 Å². The van der Waals surface area contributed by atoms with Gasteiger partial charge in [-0.05, 0) is 6.07 Å². The molecule has 0 bridgehead atoms. The van der Waals surface area contributed by atoms with E-state index in [1.165, 1.54) is 6.07 Å². The number of carbonyl (C=O) groups is 1. The van der Waals surface area contributed by atoms with Crippen LogP contribution in [0, 0.1) is 10.1 Å². The number of nitro groups is 1. The number of nitrogens with one attached hydrogen (secondary N) is 1. The van der Waals surface area contributed by atoms with Crippen molar-refractivity contribution >= 4 is 39.0 Å². The Balaban J connectivity index is 2.91. The number of carboxylic acid groups (broad SMARTS) is 1. The molecule has 7 nitrogen and oxygen atoms in total. The normalized spacial score (nSPS) is 9.94. The molecule has 0 spiro atoms. The fraction of sp³-hybridized carbons (Fsp3) is 0.222. The molecule has 0 aliphatic rings. The Hall–Kier alpha value is -1.83. The Bertz CT molecular complexity index is 464. The summed E-state index contributed by atoms with van der Waals surface area (Å²) in [5.41, 5.74) is 5.70. The molecule has 1 rings (SSSR count). The molecule has 0 fully saturated rings. The van der Waals surface area contributed by atoms with E-state index in [-0.39, 0.29) is 24.3 Å². The van der Waals surface area contributed by atoms with Crippen LogP contribution in [0.15, 0.2) is 16.6 Å². The summed E-state index contributed by atoms with van der Waals surface area (Å²) in [7, 11) is 0. The van der Waals surface area contributed by atoms with E-state index in [4.69, 9.17) is 10.8 Å². The molecule has 0 radical (unpaired) electrons. The maximum absolute atomic E-state index is 10.7. The van der Waals surface area contributed by atoms with Crippen LogP contribution in [0.2, 0.25) is 0 Å². The fourth-order valence-corrected chi connectivity index (χ4v) is 1.65. The number of benzene rings is 1. The zero-order valence-corrected chi connectivity index (χ0v) is 10.2. The predicted octanol–water partition coefficient (Wildman–Crippen LogP) is 1.83. The summed E-state index contributed by atoms with van der Waals surface area (Å²) in [6.07, 6.45) is -0.0975. The lowest BCUT2D eigenvalue weighted by molar-refractivity contribution is -0.383. The standard InChI is InChI=1S/C9H10BrN3O4/c10-5-3-6(12-2-1-8(14)15)9(11)7(4-5)13(16)17/h3-4,12H,1-2,11H2,(H,14,15). The Morgan fingerprint density at radius 3 is 2.76 bits per heavy atom. The van der Waals surface area contributed by atoms with E-state index in [0.717, 1.165) is 0 Å². The molecule has 8 heteroatoms. The van der Waals surface area contributed by atoms with E-state index in [2.05, 4.69) is 21.2 Å². The second-order valence-corrected chi connectivity index (χ2v) is 4.13. The number of carboxylic acids is 1. The van der Waals surface area contributed by atoms with E-state index in [1.54, 1.807) is 6.07 Å². The highest BCUT2D eigenvalue weighted by Gasteiger charge is 2.16. The lowest BCUT2D eigenvalue weighted by atomic mass is 10.2. The number of nitrogen functional groups attached to an aromatic ring is 1. The van der Waals surface area contributed by atoms with Crippen molar-refractivity contribution in [2.45, 2.75) is 6.42 Å². The van der Waals surface area contributed by atoms with Crippen LogP contribution in [0.4, 0.5) is 17.1 Å². The van der Waals surface area contributed by atoms with Gasteiger partial charge in [0.2, 0.25) is 0 Å². The first kappa shape index (κ1) is 13.2. The fourth-order valence-electron chi connectivity index (χ4n) is 1.21. The highest BCUT2D eigenvalue weighted by molar-refractivity contribution is 9.10. The maximum atomic E-state index is 10.7. The number of aliphatic carboxylic acids is 1. The average Bonchev–Trinajstić information content (AvgIpc) is 2.21. The molecule has 1 aromatic carbocycles. The number of halogens is 1. The van der Waals surface area contributed by atoms with Gasteiger partial charge in [0.15, 0.2) is 0 Å². The highest BCUT2D eigenvalue weighted by Crippen LogP contribution is 2.33. The third-order valence-corrected chi connectivity index (χ3v) is 2.43. The number of nitrogens with zero attached hydrogens (tertiary/aromatic N) is 1. The predicted molar refractivity (Wildman–Crippen MR) is 66.0 cm³/mol. The highest BCUT2D eigenvalue weighted by atomic mass is 79.9. The third-order valence-electron chi connectivity index (χ3n) is 1.97. The molecule has 0 heterocycles. The van der Waals surface area contributed by atoms with Crippen molar-refractivity contribution in [2.24, 2.45) is 0 Å². The second-order valence-electron chi connectivity index (χ2n) is 3.21. The molecule has 0 unspecified atom stereocenters. The van der Waals surface area contributed by atoms with Crippen LogP contribution in [-0.4, -0.2) is 22.5 Å².